The first-order valence-electron chi connectivity index (χ1n) is 7.63. The second-order valence-electron chi connectivity index (χ2n) is 5.28. The van der Waals surface area contributed by atoms with Gasteiger partial charge in [0.25, 0.3) is 5.91 Å². The molecule has 25 heavy (non-hydrogen) atoms. The maximum atomic E-state index is 12.3. The number of halogens is 1. The van der Waals surface area contributed by atoms with Gasteiger partial charge in [0.1, 0.15) is 9.88 Å². The largest absolute Gasteiger partial charge is 0.448 e. The van der Waals surface area contributed by atoms with E-state index in [2.05, 4.69) is 10.3 Å². The van der Waals surface area contributed by atoms with Crippen molar-refractivity contribution in [2.75, 3.05) is 20.3 Å². The number of nitrogens with zero attached hydrogens (tertiary/aromatic N) is 1. The molecule has 0 aliphatic heterocycles. The van der Waals surface area contributed by atoms with Crippen molar-refractivity contribution >= 4 is 34.8 Å². The van der Waals surface area contributed by atoms with Gasteiger partial charge >= 0.3 is 5.97 Å². The molecule has 2 rings (SSSR count). The van der Waals surface area contributed by atoms with E-state index in [0.29, 0.717) is 33.8 Å². The van der Waals surface area contributed by atoms with Gasteiger partial charge in [-0.05, 0) is 26.0 Å². The van der Waals surface area contributed by atoms with Gasteiger partial charge in [-0.1, -0.05) is 23.7 Å². The number of nitrogens with one attached hydrogen (secondary N) is 1. The molecule has 1 amide bonds. The Morgan fingerprint density at radius 2 is 2.16 bits per heavy atom. The average molecular weight is 383 g/mol. The number of aromatic nitrogens is 1. The zero-order valence-electron chi connectivity index (χ0n) is 14.2. The van der Waals surface area contributed by atoms with Crippen molar-refractivity contribution in [3.05, 3.63) is 39.9 Å². The van der Waals surface area contributed by atoms with Crippen LogP contribution in [0.3, 0.4) is 0 Å². The molecule has 8 heteroatoms. The van der Waals surface area contributed by atoms with Crippen molar-refractivity contribution in [2.45, 2.75) is 20.0 Å². The van der Waals surface area contributed by atoms with Gasteiger partial charge in [-0.3, -0.25) is 4.79 Å². The summed E-state index contributed by atoms with van der Waals surface area (Å²) in [4.78, 5) is 29.0. The summed E-state index contributed by atoms with van der Waals surface area (Å²) in [5.74, 6) is -0.944. The highest BCUT2D eigenvalue weighted by Crippen LogP contribution is 2.30. The van der Waals surface area contributed by atoms with Crippen LogP contribution in [0, 0.1) is 6.92 Å². The van der Waals surface area contributed by atoms with E-state index < -0.39 is 12.1 Å². The number of carbonyl (C=O) groups excluding carboxylic acids is 2. The molecule has 1 atom stereocenters. The van der Waals surface area contributed by atoms with Crippen LogP contribution in [-0.2, 0) is 14.3 Å². The van der Waals surface area contributed by atoms with Gasteiger partial charge in [0.15, 0.2) is 6.10 Å². The summed E-state index contributed by atoms with van der Waals surface area (Å²) in [6, 6.07) is 7.23. The lowest BCUT2D eigenvalue weighted by molar-refractivity contribution is -0.129. The molecule has 1 N–H and O–H groups in total. The summed E-state index contributed by atoms with van der Waals surface area (Å²) >= 11 is 7.20. The Bertz CT molecular complexity index is 763. The Balaban J connectivity index is 2.06. The van der Waals surface area contributed by atoms with E-state index in [9.17, 15) is 9.59 Å². The van der Waals surface area contributed by atoms with Crippen LogP contribution < -0.4 is 5.32 Å². The molecular weight excluding hydrogens is 364 g/mol. The van der Waals surface area contributed by atoms with Crippen molar-refractivity contribution < 1.29 is 19.1 Å². The molecule has 0 fully saturated rings. The number of benzene rings is 1. The van der Waals surface area contributed by atoms with Gasteiger partial charge in [-0.15, -0.1) is 11.3 Å². The molecule has 0 aliphatic rings. The van der Waals surface area contributed by atoms with E-state index in [-0.39, 0.29) is 5.91 Å². The second kappa shape index (κ2) is 8.94. The van der Waals surface area contributed by atoms with Crippen molar-refractivity contribution in [3.63, 3.8) is 0 Å². The van der Waals surface area contributed by atoms with E-state index >= 15 is 0 Å². The number of hydrogen-bond acceptors (Lipinski definition) is 6. The minimum atomic E-state index is -0.902. The number of hydrogen-bond donors (Lipinski definition) is 1. The highest BCUT2D eigenvalue weighted by Gasteiger charge is 2.23. The van der Waals surface area contributed by atoms with Crippen LogP contribution in [0.4, 0.5) is 0 Å². The molecule has 1 aromatic carbocycles. The molecule has 0 spiro atoms. The first-order chi connectivity index (χ1) is 11.9. The summed E-state index contributed by atoms with van der Waals surface area (Å²) in [7, 11) is 1.54. The Hall–Kier alpha value is -1.96. The van der Waals surface area contributed by atoms with Gasteiger partial charge in [0.2, 0.25) is 0 Å². The number of carbonyl (C=O) groups is 2. The van der Waals surface area contributed by atoms with Gasteiger partial charge in [0, 0.05) is 24.2 Å². The summed E-state index contributed by atoms with van der Waals surface area (Å²) in [6.45, 7) is 4.00. The lowest BCUT2D eigenvalue weighted by atomic mass is 10.2. The van der Waals surface area contributed by atoms with Crippen molar-refractivity contribution in [3.8, 4) is 10.6 Å². The number of rotatable bonds is 7. The Morgan fingerprint density at radius 3 is 2.84 bits per heavy atom. The highest BCUT2D eigenvalue weighted by atomic mass is 35.5. The normalized spacial score (nSPS) is 11.8. The fraction of sp³-hybridized carbons (Fsp3) is 0.353. The smallest absolute Gasteiger partial charge is 0.351 e. The molecular formula is C17H19ClN2O4S. The molecule has 0 saturated carbocycles. The third kappa shape index (κ3) is 5.26. The molecule has 1 heterocycles. The van der Waals surface area contributed by atoms with E-state index in [0.717, 1.165) is 5.56 Å². The quantitative estimate of drug-likeness (QED) is 0.588. The molecule has 1 aromatic heterocycles. The van der Waals surface area contributed by atoms with E-state index in [1.54, 1.807) is 26.2 Å². The van der Waals surface area contributed by atoms with Crippen LogP contribution in [0.1, 0.15) is 22.3 Å². The fourth-order valence-corrected chi connectivity index (χ4v) is 3.15. The summed E-state index contributed by atoms with van der Waals surface area (Å²) < 4.78 is 10.1. The molecule has 0 aliphatic carbocycles. The maximum absolute atomic E-state index is 12.3. The molecule has 2 aromatic rings. The number of amides is 1. The van der Waals surface area contributed by atoms with Crippen molar-refractivity contribution in [2.24, 2.45) is 0 Å². The molecule has 0 radical (unpaired) electrons. The average Bonchev–Trinajstić information content (AvgIpc) is 2.97. The lowest BCUT2D eigenvalue weighted by Crippen LogP contribution is -2.37. The molecule has 6 nitrogen and oxygen atoms in total. The van der Waals surface area contributed by atoms with E-state index in [1.807, 2.05) is 12.1 Å². The molecule has 0 bridgehead atoms. The van der Waals surface area contributed by atoms with E-state index in [4.69, 9.17) is 21.1 Å². The van der Waals surface area contributed by atoms with Crippen LogP contribution in [0.25, 0.3) is 10.6 Å². The second-order valence-corrected chi connectivity index (χ2v) is 6.71. The van der Waals surface area contributed by atoms with Crippen molar-refractivity contribution in [1.82, 2.24) is 10.3 Å². The highest BCUT2D eigenvalue weighted by molar-refractivity contribution is 7.17. The first kappa shape index (κ1) is 19.4. The third-order valence-corrected chi connectivity index (χ3v) is 4.73. The maximum Gasteiger partial charge on any atom is 0.351 e. The molecule has 0 saturated heterocycles. The third-order valence-electron chi connectivity index (χ3n) is 3.31. The minimum Gasteiger partial charge on any atom is -0.448 e. The van der Waals surface area contributed by atoms with Gasteiger partial charge < -0.3 is 14.8 Å². The SMILES string of the molecule is COCCNC(=O)[C@@H](C)OC(=O)c1sc(-c2cccc(Cl)c2)nc1C. The summed E-state index contributed by atoms with van der Waals surface area (Å²) in [6.07, 6.45) is -0.902. The molecule has 0 unspecified atom stereocenters. The van der Waals surface area contributed by atoms with Crippen LogP contribution in [0.15, 0.2) is 24.3 Å². The fourth-order valence-electron chi connectivity index (χ4n) is 2.02. The number of thiazole rings is 1. The zero-order valence-corrected chi connectivity index (χ0v) is 15.7. The summed E-state index contributed by atoms with van der Waals surface area (Å²) in [5, 5.41) is 3.89. The monoisotopic (exact) mass is 382 g/mol. The molecule has 134 valence electrons. The Labute approximate surface area is 155 Å². The zero-order chi connectivity index (χ0) is 18.4. The minimum absolute atomic E-state index is 0.357. The van der Waals surface area contributed by atoms with Gasteiger partial charge in [0.05, 0.1) is 12.3 Å². The summed E-state index contributed by atoms with van der Waals surface area (Å²) in [5.41, 5.74) is 1.38. The van der Waals surface area contributed by atoms with Gasteiger partial charge in [-0.2, -0.15) is 0 Å². The van der Waals surface area contributed by atoms with Crippen LogP contribution in [-0.4, -0.2) is 43.2 Å². The lowest BCUT2D eigenvalue weighted by Gasteiger charge is -2.12. The first-order valence-corrected chi connectivity index (χ1v) is 8.82. The number of methoxy groups -OCH3 is 1. The number of ether oxygens (including phenoxy) is 2. The Morgan fingerprint density at radius 1 is 1.40 bits per heavy atom. The van der Waals surface area contributed by atoms with Crippen LogP contribution in [0.5, 0.6) is 0 Å². The predicted molar refractivity (Wildman–Crippen MR) is 97.1 cm³/mol. The Kier molecular flexibility index (Phi) is 6.92. The topological polar surface area (TPSA) is 77.5 Å². The van der Waals surface area contributed by atoms with Gasteiger partial charge in [-0.25, -0.2) is 9.78 Å². The number of esters is 1. The predicted octanol–water partition coefficient (Wildman–Crippen LogP) is 3.08. The standard InChI is InChI=1S/C17H19ClN2O4S/c1-10-14(17(22)24-11(2)15(21)19-7-8-23-3)25-16(20-10)12-5-4-6-13(18)9-12/h4-6,9,11H,7-8H2,1-3H3,(H,19,21)/t11-/m1/s1. The van der Waals surface area contributed by atoms with Crippen LogP contribution in [0.2, 0.25) is 5.02 Å². The number of aryl methyl sites for hydroxylation is 1. The van der Waals surface area contributed by atoms with Crippen molar-refractivity contribution in [1.29, 1.82) is 0 Å². The van der Waals surface area contributed by atoms with Crippen LogP contribution >= 0.6 is 22.9 Å². The van der Waals surface area contributed by atoms with E-state index in [1.165, 1.54) is 18.3 Å².